The molecule has 5 heteroatoms. The van der Waals surface area contributed by atoms with Crippen LogP contribution in [-0.2, 0) is 7.05 Å². The van der Waals surface area contributed by atoms with Crippen LogP contribution in [0.5, 0.6) is 0 Å². The zero-order valence-corrected chi connectivity index (χ0v) is 10.1. The van der Waals surface area contributed by atoms with Crippen LogP contribution in [0.2, 0.25) is 0 Å². The zero-order valence-electron chi connectivity index (χ0n) is 9.27. The van der Waals surface area contributed by atoms with E-state index in [4.69, 9.17) is 11.5 Å². The molecule has 0 spiro atoms. The third-order valence-corrected chi connectivity index (χ3v) is 3.53. The van der Waals surface area contributed by atoms with E-state index in [2.05, 4.69) is 5.10 Å². The Morgan fingerprint density at radius 1 is 1.19 bits per heavy atom. The molecule has 0 atom stereocenters. The number of benzene rings is 1. The van der Waals surface area contributed by atoms with Crippen LogP contribution in [0.15, 0.2) is 34.1 Å². The van der Waals surface area contributed by atoms with Crippen molar-refractivity contribution in [1.29, 1.82) is 0 Å². The minimum Gasteiger partial charge on any atom is -0.399 e. The van der Waals surface area contributed by atoms with Crippen molar-refractivity contribution in [3.63, 3.8) is 0 Å². The molecular formula is C11H14N4S. The fourth-order valence-electron chi connectivity index (χ4n) is 1.44. The van der Waals surface area contributed by atoms with E-state index in [9.17, 15) is 0 Å². The van der Waals surface area contributed by atoms with Crippen molar-refractivity contribution < 1.29 is 0 Å². The summed E-state index contributed by atoms with van der Waals surface area (Å²) in [5.41, 5.74) is 13.3. The van der Waals surface area contributed by atoms with Crippen molar-refractivity contribution in [3.8, 4) is 0 Å². The molecule has 1 aromatic carbocycles. The Morgan fingerprint density at radius 3 is 2.31 bits per heavy atom. The van der Waals surface area contributed by atoms with Gasteiger partial charge in [-0.2, -0.15) is 5.10 Å². The van der Waals surface area contributed by atoms with Gasteiger partial charge in [0.25, 0.3) is 0 Å². The summed E-state index contributed by atoms with van der Waals surface area (Å²) in [6.07, 6.45) is 0. The quantitative estimate of drug-likeness (QED) is 0.780. The van der Waals surface area contributed by atoms with E-state index in [1.54, 1.807) is 16.4 Å². The molecule has 0 aliphatic rings. The van der Waals surface area contributed by atoms with Crippen molar-refractivity contribution in [2.24, 2.45) is 7.05 Å². The minimum absolute atomic E-state index is 0.694. The number of nitrogens with zero attached hydrogens (tertiary/aromatic N) is 2. The monoisotopic (exact) mass is 234 g/mol. The molecule has 0 amide bonds. The van der Waals surface area contributed by atoms with Crippen LogP contribution < -0.4 is 11.5 Å². The summed E-state index contributed by atoms with van der Waals surface area (Å²) in [7, 11) is 1.84. The third kappa shape index (κ3) is 1.99. The Morgan fingerprint density at radius 2 is 1.81 bits per heavy atom. The van der Waals surface area contributed by atoms with Gasteiger partial charge in [0.1, 0.15) is 5.82 Å². The van der Waals surface area contributed by atoms with E-state index in [1.165, 1.54) is 0 Å². The van der Waals surface area contributed by atoms with Crippen molar-refractivity contribution in [1.82, 2.24) is 9.78 Å². The Bertz CT molecular complexity index is 501. The lowest BCUT2D eigenvalue weighted by atomic mass is 10.3. The molecule has 4 N–H and O–H groups in total. The van der Waals surface area contributed by atoms with Crippen LogP contribution in [0.4, 0.5) is 11.5 Å². The molecule has 2 rings (SSSR count). The van der Waals surface area contributed by atoms with Gasteiger partial charge >= 0.3 is 0 Å². The second-order valence-electron chi connectivity index (χ2n) is 3.59. The molecule has 2 aromatic rings. The summed E-state index contributed by atoms with van der Waals surface area (Å²) in [6, 6.07) is 7.71. The van der Waals surface area contributed by atoms with Crippen LogP contribution in [0.1, 0.15) is 5.69 Å². The van der Waals surface area contributed by atoms with Crippen LogP contribution in [-0.4, -0.2) is 9.78 Å². The summed E-state index contributed by atoms with van der Waals surface area (Å²) < 4.78 is 1.69. The molecule has 0 saturated heterocycles. The molecule has 16 heavy (non-hydrogen) atoms. The highest BCUT2D eigenvalue weighted by atomic mass is 32.2. The Labute approximate surface area is 98.6 Å². The highest BCUT2D eigenvalue weighted by molar-refractivity contribution is 7.99. The van der Waals surface area contributed by atoms with E-state index in [1.807, 2.05) is 38.2 Å². The van der Waals surface area contributed by atoms with Crippen molar-refractivity contribution in [2.75, 3.05) is 11.5 Å². The normalized spacial score (nSPS) is 10.6. The lowest BCUT2D eigenvalue weighted by Gasteiger charge is -2.02. The summed E-state index contributed by atoms with van der Waals surface area (Å²) in [5.74, 6) is 0.694. The lowest BCUT2D eigenvalue weighted by Crippen LogP contribution is -1.97. The molecule has 0 fully saturated rings. The molecule has 1 heterocycles. The minimum atomic E-state index is 0.694. The smallest absolute Gasteiger partial charge is 0.135 e. The van der Waals surface area contributed by atoms with Crippen LogP contribution >= 0.6 is 11.8 Å². The number of rotatable bonds is 2. The highest BCUT2D eigenvalue weighted by Gasteiger charge is 2.11. The van der Waals surface area contributed by atoms with Gasteiger partial charge < -0.3 is 11.5 Å². The molecule has 84 valence electrons. The molecule has 0 radical (unpaired) electrons. The van der Waals surface area contributed by atoms with Gasteiger partial charge in [-0.15, -0.1) is 0 Å². The highest BCUT2D eigenvalue weighted by Crippen LogP contribution is 2.34. The van der Waals surface area contributed by atoms with Crippen molar-refractivity contribution in [2.45, 2.75) is 16.7 Å². The topological polar surface area (TPSA) is 69.9 Å². The van der Waals surface area contributed by atoms with E-state index in [0.29, 0.717) is 5.82 Å². The molecule has 4 nitrogen and oxygen atoms in total. The fraction of sp³-hybridized carbons (Fsp3) is 0.182. The fourth-order valence-corrected chi connectivity index (χ4v) is 2.37. The molecule has 1 aromatic heterocycles. The van der Waals surface area contributed by atoms with E-state index in [0.717, 1.165) is 21.2 Å². The average molecular weight is 234 g/mol. The van der Waals surface area contributed by atoms with Gasteiger partial charge in [0.05, 0.1) is 10.6 Å². The zero-order chi connectivity index (χ0) is 11.7. The number of hydrogen-bond acceptors (Lipinski definition) is 4. The molecular weight excluding hydrogens is 220 g/mol. The molecule has 0 bridgehead atoms. The third-order valence-electron chi connectivity index (χ3n) is 2.31. The SMILES string of the molecule is Cc1nn(C)c(N)c1Sc1ccc(N)cc1. The molecule has 0 saturated carbocycles. The van der Waals surface area contributed by atoms with Crippen LogP contribution in [0.25, 0.3) is 0 Å². The van der Waals surface area contributed by atoms with Crippen molar-refractivity contribution in [3.05, 3.63) is 30.0 Å². The Kier molecular flexibility index (Phi) is 2.78. The standard InChI is InChI=1S/C11H14N4S/c1-7-10(11(13)15(2)14-7)16-9-5-3-8(12)4-6-9/h3-6H,12-13H2,1-2H3. The summed E-state index contributed by atoms with van der Waals surface area (Å²) in [6.45, 7) is 1.95. The van der Waals surface area contributed by atoms with Crippen LogP contribution in [0, 0.1) is 6.92 Å². The van der Waals surface area contributed by atoms with Crippen LogP contribution in [0.3, 0.4) is 0 Å². The van der Waals surface area contributed by atoms with Gasteiger partial charge in [0.15, 0.2) is 0 Å². The van der Waals surface area contributed by atoms with Gasteiger partial charge in [-0.05, 0) is 31.2 Å². The first-order valence-corrected chi connectivity index (χ1v) is 5.72. The van der Waals surface area contributed by atoms with E-state index in [-0.39, 0.29) is 0 Å². The molecule has 0 aliphatic heterocycles. The van der Waals surface area contributed by atoms with Crippen molar-refractivity contribution >= 4 is 23.3 Å². The second-order valence-corrected chi connectivity index (χ2v) is 4.68. The number of aryl methyl sites for hydroxylation is 2. The first-order chi connectivity index (χ1) is 7.58. The number of aromatic nitrogens is 2. The first-order valence-electron chi connectivity index (χ1n) is 4.90. The van der Waals surface area contributed by atoms with Gasteiger partial charge in [0.2, 0.25) is 0 Å². The second kappa shape index (κ2) is 4.09. The number of hydrogen-bond donors (Lipinski definition) is 2. The van der Waals surface area contributed by atoms with Gasteiger partial charge in [-0.3, -0.25) is 4.68 Å². The largest absolute Gasteiger partial charge is 0.399 e. The molecule has 0 aliphatic carbocycles. The summed E-state index contributed by atoms with van der Waals surface area (Å²) >= 11 is 1.61. The number of anilines is 2. The van der Waals surface area contributed by atoms with E-state index >= 15 is 0 Å². The maximum atomic E-state index is 5.94. The Balaban J connectivity index is 2.30. The maximum Gasteiger partial charge on any atom is 0.135 e. The lowest BCUT2D eigenvalue weighted by molar-refractivity contribution is 0.767. The van der Waals surface area contributed by atoms with Gasteiger partial charge in [-0.1, -0.05) is 11.8 Å². The van der Waals surface area contributed by atoms with Gasteiger partial charge in [-0.25, -0.2) is 0 Å². The molecule has 0 unspecified atom stereocenters. The van der Waals surface area contributed by atoms with Gasteiger partial charge in [0, 0.05) is 17.6 Å². The van der Waals surface area contributed by atoms with E-state index < -0.39 is 0 Å². The number of nitrogen functional groups attached to an aromatic ring is 2. The Hall–Kier alpha value is -1.62. The maximum absolute atomic E-state index is 5.94. The summed E-state index contributed by atoms with van der Waals surface area (Å²) in [4.78, 5) is 2.12. The number of nitrogens with two attached hydrogens (primary N) is 2. The predicted molar refractivity (Wildman–Crippen MR) is 67.3 cm³/mol. The average Bonchev–Trinajstić information content (AvgIpc) is 2.48. The summed E-state index contributed by atoms with van der Waals surface area (Å²) in [5, 5.41) is 4.27. The predicted octanol–water partition coefficient (Wildman–Crippen LogP) is 2.04. The first kappa shape index (κ1) is 10.9.